The second-order valence-electron chi connectivity index (χ2n) is 11.8. The monoisotopic (exact) mass is 526 g/mol. The highest BCUT2D eigenvalue weighted by atomic mass is 35.5. The van der Waals surface area contributed by atoms with Crippen LogP contribution in [0.5, 0.6) is 0 Å². The van der Waals surface area contributed by atoms with E-state index in [2.05, 4.69) is 20.3 Å². The van der Waals surface area contributed by atoms with Crippen LogP contribution in [0.2, 0.25) is 5.02 Å². The summed E-state index contributed by atoms with van der Waals surface area (Å²) in [7, 11) is 0. The first-order valence-corrected chi connectivity index (χ1v) is 14.8. The molecule has 0 bridgehead atoms. The fourth-order valence-electron chi connectivity index (χ4n) is 7.08. The van der Waals surface area contributed by atoms with E-state index in [0.717, 1.165) is 68.7 Å². The van der Waals surface area contributed by atoms with Crippen LogP contribution in [0.1, 0.15) is 76.2 Å². The molecule has 1 aliphatic heterocycles. The lowest BCUT2D eigenvalue weighted by Gasteiger charge is -2.48. The number of halogens is 1. The third-order valence-electron chi connectivity index (χ3n) is 9.35. The zero-order valence-corrected chi connectivity index (χ0v) is 22.8. The molecule has 3 fully saturated rings. The molecule has 2 heterocycles. The van der Waals surface area contributed by atoms with Gasteiger partial charge in [-0.15, -0.1) is 0 Å². The molecule has 0 unspecified atom stereocenters. The number of nitrogens with two attached hydrogens (primary N) is 1. The molecule has 5 rings (SSSR count). The molecule has 8 heteroatoms. The molecule has 1 aromatic heterocycles. The maximum absolute atomic E-state index is 14.0. The number of hydrogen-bond acceptors (Lipinski definition) is 5. The van der Waals surface area contributed by atoms with E-state index >= 15 is 0 Å². The van der Waals surface area contributed by atoms with Crippen molar-refractivity contribution in [2.45, 2.75) is 102 Å². The SMILES string of the molecule is N[C@H]1CC[C@H](N[C@@H](Cc2ccc(Cl)cc2)C(=O)N2CCC(Cn3cncn3)(C3CCCCC3)CC2)CC1. The van der Waals surface area contributed by atoms with Crippen molar-refractivity contribution >= 4 is 17.5 Å². The molecule has 1 saturated heterocycles. The minimum atomic E-state index is -0.224. The number of benzene rings is 1. The first kappa shape index (κ1) is 26.6. The lowest BCUT2D eigenvalue weighted by Crippen LogP contribution is -2.55. The highest BCUT2D eigenvalue weighted by Gasteiger charge is 2.43. The Morgan fingerprint density at radius 1 is 1.05 bits per heavy atom. The van der Waals surface area contributed by atoms with Crippen molar-refractivity contribution in [3.8, 4) is 0 Å². The summed E-state index contributed by atoms with van der Waals surface area (Å²) in [6, 6.07) is 8.34. The summed E-state index contributed by atoms with van der Waals surface area (Å²) in [5.41, 5.74) is 7.49. The van der Waals surface area contributed by atoms with Gasteiger partial charge in [0.25, 0.3) is 0 Å². The average Bonchev–Trinajstić information content (AvgIpc) is 3.44. The van der Waals surface area contributed by atoms with Gasteiger partial charge in [-0.1, -0.05) is 43.0 Å². The molecular weight excluding hydrogens is 484 g/mol. The van der Waals surface area contributed by atoms with Gasteiger partial charge < -0.3 is 16.0 Å². The summed E-state index contributed by atoms with van der Waals surface area (Å²) >= 11 is 6.13. The standard InChI is InChI=1S/C29H43ClN6O/c30-24-8-6-22(7-9-24)18-27(34-26-12-10-25(31)11-13-26)28(37)35-16-14-29(15-17-35,19-36-21-32-20-33-36)23-4-2-1-3-5-23/h6-9,20-21,23,25-27,34H,1-5,10-19,31H2/t25-,26-,27-/m0/s1. The molecule has 0 spiro atoms. The Kier molecular flexibility index (Phi) is 8.83. The van der Waals surface area contributed by atoms with Crippen LogP contribution in [0.25, 0.3) is 0 Å². The number of nitrogens with one attached hydrogen (secondary N) is 1. The highest BCUT2D eigenvalue weighted by molar-refractivity contribution is 6.30. The lowest BCUT2D eigenvalue weighted by atomic mass is 9.63. The normalized spacial score (nSPS) is 25.6. The Balaban J connectivity index is 1.28. The minimum Gasteiger partial charge on any atom is -0.341 e. The minimum absolute atomic E-state index is 0.198. The van der Waals surface area contributed by atoms with Crippen molar-refractivity contribution in [2.75, 3.05) is 13.1 Å². The number of aromatic nitrogens is 3. The molecule has 1 aromatic carbocycles. The van der Waals surface area contributed by atoms with E-state index in [1.165, 1.54) is 32.1 Å². The number of nitrogens with zero attached hydrogens (tertiary/aromatic N) is 4. The van der Waals surface area contributed by atoms with Crippen LogP contribution in [-0.4, -0.2) is 56.8 Å². The third-order valence-corrected chi connectivity index (χ3v) is 9.60. The fourth-order valence-corrected chi connectivity index (χ4v) is 7.21. The maximum Gasteiger partial charge on any atom is 0.240 e. The third kappa shape index (κ3) is 6.73. The van der Waals surface area contributed by atoms with E-state index in [1.807, 2.05) is 35.3 Å². The van der Waals surface area contributed by atoms with E-state index in [0.29, 0.717) is 24.4 Å². The van der Waals surface area contributed by atoms with Crippen molar-refractivity contribution in [1.82, 2.24) is 25.0 Å². The van der Waals surface area contributed by atoms with Crippen LogP contribution in [-0.2, 0) is 17.8 Å². The Morgan fingerprint density at radius 2 is 1.76 bits per heavy atom. The van der Waals surface area contributed by atoms with Gasteiger partial charge in [-0.05, 0) is 86.8 Å². The number of carbonyl (C=O) groups is 1. The first-order chi connectivity index (χ1) is 18.0. The van der Waals surface area contributed by atoms with Crippen molar-refractivity contribution in [2.24, 2.45) is 17.1 Å². The van der Waals surface area contributed by atoms with Gasteiger partial charge in [-0.2, -0.15) is 5.10 Å². The van der Waals surface area contributed by atoms with E-state index in [-0.39, 0.29) is 17.4 Å². The smallest absolute Gasteiger partial charge is 0.240 e. The molecule has 37 heavy (non-hydrogen) atoms. The molecular formula is C29H43ClN6O. The predicted molar refractivity (Wildman–Crippen MR) is 147 cm³/mol. The van der Waals surface area contributed by atoms with Crippen molar-refractivity contribution in [3.63, 3.8) is 0 Å². The van der Waals surface area contributed by atoms with E-state index in [1.54, 1.807) is 6.33 Å². The van der Waals surface area contributed by atoms with Crippen molar-refractivity contribution in [3.05, 3.63) is 47.5 Å². The van der Waals surface area contributed by atoms with Gasteiger partial charge in [-0.3, -0.25) is 9.48 Å². The quantitative estimate of drug-likeness (QED) is 0.525. The topological polar surface area (TPSA) is 89.1 Å². The van der Waals surface area contributed by atoms with Gasteiger partial charge in [0, 0.05) is 36.7 Å². The summed E-state index contributed by atoms with van der Waals surface area (Å²) in [5.74, 6) is 0.944. The Morgan fingerprint density at radius 3 is 2.41 bits per heavy atom. The molecule has 7 nitrogen and oxygen atoms in total. The summed E-state index contributed by atoms with van der Waals surface area (Å²) < 4.78 is 2.02. The number of likely N-dealkylation sites (tertiary alicyclic amines) is 1. The summed E-state index contributed by atoms with van der Waals surface area (Å²) in [4.78, 5) is 20.3. The van der Waals surface area contributed by atoms with Crippen LogP contribution in [0.4, 0.5) is 0 Å². The number of carbonyl (C=O) groups excluding carboxylic acids is 1. The molecule has 1 amide bonds. The van der Waals surface area contributed by atoms with Gasteiger partial charge in [0.1, 0.15) is 12.7 Å². The molecule has 2 aliphatic carbocycles. The number of amides is 1. The second kappa shape index (κ2) is 12.3. The van der Waals surface area contributed by atoms with Crippen LogP contribution in [0.15, 0.2) is 36.9 Å². The zero-order chi connectivity index (χ0) is 25.7. The molecule has 2 aromatic rings. The van der Waals surface area contributed by atoms with Crippen LogP contribution >= 0.6 is 11.6 Å². The second-order valence-corrected chi connectivity index (χ2v) is 12.2. The Labute approximate surface area is 226 Å². The van der Waals surface area contributed by atoms with Gasteiger partial charge in [-0.25, -0.2) is 4.98 Å². The van der Waals surface area contributed by atoms with Crippen LogP contribution in [0.3, 0.4) is 0 Å². The summed E-state index contributed by atoms with van der Waals surface area (Å²) in [5, 5.41) is 8.93. The molecule has 202 valence electrons. The highest BCUT2D eigenvalue weighted by Crippen LogP contribution is 2.47. The fraction of sp³-hybridized carbons (Fsp3) is 0.690. The lowest BCUT2D eigenvalue weighted by molar-refractivity contribution is -0.137. The maximum atomic E-state index is 14.0. The van der Waals surface area contributed by atoms with Crippen molar-refractivity contribution in [1.29, 1.82) is 0 Å². The van der Waals surface area contributed by atoms with Gasteiger partial charge in [0.2, 0.25) is 5.91 Å². The summed E-state index contributed by atoms with van der Waals surface area (Å²) in [6.45, 7) is 2.55. The molecule has 2 saturated carbocycles. The van der Waals surface area contributed by atoms with Crippen LogP contribution in [0, 0.1) is 11.3 Å². The number of hydrogen-bond donors (Lipinski definition) is 2. The average molecular weight is 527 g/mol. The molecule has 3 N–H and O–H groups in total. The Bertz CT molecular complexity index is 974. The van der Waals surface area contributed by atoms with Crippen molar-refractivity contribution < 1.29 is 4.79 Å². The number of piperidine rings is 1. The van der Waals surface area contributed by atoms with Gasteiger partial charge in [0.15, 0.2) is 0 Å². The molecule has 0 radical (unpaired) electrons. The van der Waals surface area contributed by atoms with Gasteiger partial charge in [0.05, 0.1) is 6.04 Å². The van der Waals surface area contributed by atoms with E-state index in [9.17, 15) is 4.79 Å². The Hall–Kier alpha value is -1.96. The molecule has 3 aliphatic rings. The molecule has 1 atom stereocenters. The first-order valence-electron chi connectivity index (χ1n) is 14.4. The van der Waals surface area contributed by atoms with E-state index in [4.69, 9.17) is 17.3 Å². The zero-order valence-electron chi connectivity index (χ0n) is 22.0. The van der Waals surface area contributed by atoms with Crippen LogP contribution < -0.4 is 11.1 Å². The predicted octanol–water partition coefficient (Wildman–Crippen LogP) is 4.59. The van der Waals surface area contributed by atoms with Gasteiger partial charge >= 0.3 is 0 Å². The number of rotatable bonds is 8. The largest absolute Gasteiger partial charge is 0.341 e. The van der Waals surface area contributed by atoms with E-state index < -0.39 is 0 Å². The summed E-state index contributed by atoms with van der Waals surface area (Å²) in [6.07, 6.45) is 17.0.